The molecule has 0 spiro atoms. The lowest BCUT2D eigenvalue weighted by Gasteiger charge is -2.23. The molecular formula is C25H18N6O6S2. The van der Waals surface area contributed by atoms with Crippen molar-refractivity contribution in [1.82, 2.24) is 15.4 Å². The number of amides is 2. The van der Waals surface area contributed by atoms with Crippen molar-refractivity contribution in [3.05, 3.63) is 109 Å². The molecule has 12 nitrogen and oxygen atoms in total. The van der Waals surface area contributed by atoms with Crippen molar-refractivity contribution < 1.29 is 19.4 Å². The molecule has 1 atom stereocenters. The minimum absolute atomic E-state index is 0.0752. The van der Waals surface area contributed by atoms with Crippen LogP contribution in [0, 0.1) is 20.2 Å². The average molecular weight is 563 g/mol. The van der Waals surface area contributed by atoms with Crippen LogP contribution in [0.5, 0.6) is 0 Å². The van der Waals surface area contributed by atoms with Crippen molar-refractivity contribution >= 4 is 67.7 Å². The maximum atomic E-state index is 13.3. The first-order valence-electron chi connectivity index (χ1n) is 11.4. The summed E-state index contributed by atoms with van der Waals surface area (Å²) >= 11 is 2.52. The third kappa shape index (κ3) is 5.77. The number of nitrogens with one attached hydrogen (secondary N) is 2. The van der Waals surface area contributed by atoms with Gasteiger partial charge < -0.3 is 5.32 Å². The van der Waals surface area contributed by atoms with E-state index in [1.165, 1.54) is 64.5 Å². The zero-order valence-corrected chi connectivity index (χ0v) is 21.5. The van der Waals surface area contributed by atoms with Crippen molar-refractivity contribution in [3.63, 3.8) is 0 Å². The number of non-ortho nitro benzene ring substituents is 2. The summed E-state index contributed by atoms with van der Waals surface area (Å²) in [5.74, 6) is -0.836. The first kappa shape index (κ1) is 26.0. The monoisotopic (exact) mass is 562 g/mol. The molecule has 1 aromatic heterocycles. The number of nitrogens with zero attached hydrogens (tertiary/aromatic N) is 4. The minimum atomic E-state index is -0.627. The Hall–Kier alpha value is -4.66. The van der Waals surface area contributed by atoms with Gasteiger partial charge in [0.1, 0.15) is 5.37 Å². The van der Waals surface area contributed by atoms with Crippen LogP contribution in [0.3, 0.4) is 0 Å². The van der Waals surface area contributed by atoms with Gasteiger partial charge in [-0.1, -0.05) is 35.2 Å². The molecule has 2 amide bonds. The zero-order valence-electron chi connectivity index (χ0n) is 19.8. The quantitative estimate of drug-likeness (QED) is 0.173. The predicted octanol–water partition coefficient (Wildman–Crippen LogP) is 4.87. The first-order valence-corrected chi connectivity index (χ1v) is 13.1. The topological polar surface area (TPSA) is 161 Å². The molecule has 5 rings (SSSR count). The van der Waals surface area contributed by atoms with Crippen LogP contribution in [0.1, 0.15) is 16.5 Å². The lowest BCUT2D eigenvalue weighted by Crippen LogP contribution is -2.44. The van der Waals surface area contributed by atoms with E-state index in [1.807, 2.05) is 24.3 Å². The largest absolute Gasteiger partial charge is 0.301 e. The number of para-hydroxylation sites is 1. The van der Waals surface area contributed by atoms with Gasteiger partial charge >= 0.3 is 0 Å². The Labute approximate surface area is 228 Å². The molecule has 1 fully saturated rings. The molecule has 2 heterocycles. The predicted molar refractivity (Wildman–Crippen MR) is 148 cm³/mol. The summed E-state index contributed by atoms with van der Waals surface area (Å²) in [6.45, 7) is -0.240. The van der Waals surface area contributed by atoms with Crippen molar-refractivity contribution in [1.29, 1.82) is 0 Å². The normalized spacial score (nSPS) is 16.1. The number of benzene rings is 3. The Morgan fingerprint density at radius 1 is 0.974 bits per heavy atom. The van der Waals surface area contributed by atoms with Crippen molar-refractivity contribution in [2.75, 3.05) is 11.9 Å². The van der Waals surface area contributed by atoms with Gasteiger partial charge in [-0.3, -0.25) is 34.8 Å². The number of nitro groups is 2. The number of nitro benzene ring substituents is 2. The molecule has 39 heavy (non-hydrogen) atoms. The summed E-state index contributed by atoms with van der Waals surface area (Å²) in [6.07, 6.45) is 1.60. The number of rotatable bonds is 8. The summed E-state index contributed by atoms with van der Waals surface area (Å²) in [6, 6.07) is 19.0. The maximum Gasteiger partial charge on any atom is 0.275 e. The summed E-state index contributed by atoms with van der Waals surface area (Å²) in [5, 5.41) is 25.8. The number of carbonyl (C=O) groups is 2. The standard InChI is InChI=1S/C25H18N6O6S2/c32-22(28-25-27-19-3-1-2-4-20(19)39-25)14-26-29-23(33)21(13-15-5-9-17(10-6-15)30(34)35)38-24(29)16-7-11-18(12-8-16)31(36)37/h1-13,24,26H,14H2,(H,27,28,32)/b21-13-. The van der Waals surface area contributed by atoms with Gasteiger partial charge in [0.05, 0.1) is 31.5 Å². The molecule has 1 saturated heterocycles. The molecule has 0 bridgehead atoms. The highest BCUT2D eigenvalue weighted by Gasteiger charge is 2.38. The number of hydrogen-bond acceptors (Lipinski definition) is 10. The fourth-order valence-electron chi connectivity index (χ4n) is 3.77. The number of anilines is 1. The first-order chi connectivity index (χ1) is 18.8. The molecule has 4 aromatic rings. The van der Waals surface area contributed by atoms with E-state index in [0.29, 0.717) is 21.2 Å². The van der Waals surface area contributed by atoms with Crippen molar-refractivity contribution in [3.8, 4) is 0 Å². The fourth-order valence-corrected chi connectivity index (χ4v) is 5.86. The van der Waals surface area contributed by atoms with Gasteiger partial charge in [-0.15, -0.1) is 0 Å². The molecular weight excluding hydrogens is 544 g/mol. The lowest BCUT2D eigenvalue weighted by atomic mass is 10.2. The van der Waals surface area contributed by atoms with Crippen LogP contribution >= 0.6 is 23.1 Å². The van der Waals surface area contributed by atoms with Crippen LogP contribution in [0.2, 0.25) is 0 Å². The molecule has 0 radical (unpaired) electrons. The summed E-state index contributed by atoms with van der Waals surface area (Å²) in [4.78, 5) is 51.7. The van der Waals surface area contributed by atoms with Crippen LogP contribution in [-0.4, -0.2) is 38.2 Å². The van der Waals surface area contributed by atoms with E-state index in [0.717, 1.165) is 10.2 Å². The third-order valence-corrected chi connectivity index (χ3v) is 7.85. The van der Waals surface area contributed by atoms with Gasteiger partial charge in [0.25, 0.3) is 17.3 Å². The summed E-state index contributed by atoms with van der Waals surface area (Å²) in [7, 11) is 0. The summed E-state index contributed by atoms with van der Waals surface area (Å²) < 4.78 is 0.922. The number of fused-ring (bicyclic) bond motifs is 1. The molecule has 2 N–H and O–H groups in total. The Balaban J connectivity index is 1.35. The molecule has 1 unspecified atom stereocenters. The van der Waals surface area contributed by atoms with Gasteiger partial charge in [0.15, 0.2) is 5.13 Å². The lowest BCUT2D eigenvalue weighted by molar-refractivity contribution is -0.385. The summed E-state index contributed by atoms with van der Waals surface area (Å²) in [5.41, 5.74) is 4.65. The highest BCUT2D eigenvalue weighted by molar-refractivity contribution is 8.04. The second kappa shape index (κ2) is 11.0. The van der Waals surface area contributed by atoms with E-state index in [9.17, 15) is 29.8 Å². The van der Waals surface area contributed by atoms with Crippen molar-refractivity contribution in [2.24, 2.45) is 0 Å². The molecule has 0 aliphatic carbocycles. The number of aromatic nitrogens is 1. The Bertz CT molecular complexity index is 1590. The number of carbonyl (C=O) groups excluding carboxylic acids is 2. The van der Waals surface area contributed by atoms with E-state index >= 15 is 0 Å². The Kier molecular flexibility index (Phi) is 7.31. The van der Waals surface area contributed by atoms with E-state index < -0.39 is 27.0 Å². The second-order valence-electron chi connectivity index (χ2n) is 8.22. The minimum Gasteiger partial charge on any atom is -0.301 e. The second-order valence-corrected chi connectivity index (χ2v) is 10.4. The van der Waals surface area contributed by atoms with E-state index in [1.54, 1.807) is 18.2 Å². The molecule has 14 heteroatoms. The van der Waals surface area contributed by atoms with Gasteiger partial charge in [0.2, 0.25) is 5.91 Å². The smallest absolute Gasteiger partial charge is 0.275 e. The van der Waals surface area contributed by atoms with Gasteiger partial charge in [0, 0.05) is 24.3 Å². The molecule has 1 aliphatic rings. The van der Waals surface area contributed by atoms with E-state index in [2.05, 4.69) is 15.7 Å². The molecule has 196 valence electrons. The van der Waals surface area contributed by atoms with Crippen LogP contribution in [-0.2, 0) is 9.59 Å². The Morgan fingerprint density at radius 3 is 2.26 bits per heavy atom. The number of thioether (sulfide) groups is 1. The SMILES string of the molecule is O=C(CNN1C(=O)/C(=C/c2ccc([N+](=O)[O-])cc2)SC1c1ccc([N+](=O)[O-])cc1)Nc1nc2ccccc2s1. The highest BCUT2D eigenvalue weighted by Crippen LogP contribution is 2.45. The van der Waals surface area contributed by atoms with Crippen LogP contribution in [0.4, 0.5) is 16.5 Å². The molecule has 1 aliphatic heterocycles. The maximum absolute atomic E-state index is 13.3. The molecule has 0 saturated carbocycles. The van der Waals surface area contributed by atoms with E-state index in [4.69, 9.17) is 0 Å². The van der Waals surface area contributed by atoms with Crippen molar-refractivity contribution in [2.45, 2.75) is 5.37 Å². The fraction of sp³-hybridized carbons (Fsp3) is 0.0800. The highest BCUT2D eigenvalue weighted by atomic mass is 32.2. The van der Waals surface area contributed by atoms with E-state index in [-0.39, 0.29) is 17.9 Å². The van der Waals surface area contributed by atoms with Crippen LogP contribution in [0.25, 0.3) is 16.3 Å². The number of hydrazine groups is 1. The van der Waals surface area contributed by atoms with Gasteiger partial charge in [-0.05, 0) is 53.6 Å². The van der Waals surface area contributed by atoms with Gasteiger partial charge in [-0.2, -0.15) is 0 Å². The third-order valence-electron chi connectivity index (χ3n) is 5.64. The Morgan fingerprint density at radius 2 is 1.62 bits per heavy atom. The van der Waals surface area contributed by atoms with Gasteiger partial charge in [-0.25, -0.2) is 10.4 Å². The average Bonchev–Trinajstić information content (AvgIpc) is 3.47. The van der Waals surface area contributed by atoms with Crippen LogP contribution in [0.15, 0.2) is 77.7 Å². The number of thiazole rings is 1. The zero-order chi connectivity index (χ0) is 27.5. The number of hydrogen-bond donors (Lipinski definition) is 2. The van der Waals surface area contributed by atoms with Crippen LogP contribution < -0.4 is 10.7 Å². The molecule has 3 aromatic carbocycles.